The number of hydrogen-bond donors (Lipinski definition) is 2. The van der Waals surface area contributed by atoms with Gasteiger partial charge in [0.1, 0.15) is 5.75 Å². The molecule has 0 heterocycles. The van der Waals surface area contributed by atoms with E-state index >= 15 is 0 Å². The molecule has 1 fully saturated rings. The lowest BCUT2D eigenvalue weighted by atomic mass is 10.1. The molecule has 1 aliphatic rings. The van der Waals surface area contributed by atoms with E-state index in [2.05, 4.69) is 17.6 Å². The Bertz CT molecular complexity index is 413. The number of amides is 1. The Morgan fingerprint density at radius 1 is 1.37 bits per heavy atom. The lowest BCUT2D eigenvalue weighted by Crippen LogP contribution is -2.36. The van der Waals surface area contributed by atoms with Gasteiger partial charge >= 0.3 is 0 Å². The molecule has 2 N–H and O–H groups in total. The van der Waals surface area contributed by atoms with Gasteiger partial charge in [0.15, 0.2) is 0 Å². The van der Waals surface area contributed by atoms with Gasteiger partial charge < -0.3 is 15.4 Å². The molecule has 4 heteroatoms. The van der Waals surface area contributed by atoms with Gasteiger partial charge in [0.25, 0.3) is 0 Å². The first-order valence-corrected chi connectivity index (χ1v) is 6.94. The molecule has 1 saturated carbocycles. The van der Waals surface area contributed by atoms with E-state index < -0.39 is 0 Å². The van der Waals surface area contributed by atoms with Crippen LogP contribution >= 0.6 is 0 Å². The van der Waals surface area contributed by atoms with Crippen LogP contribution in [0.15, 0.2) is 24.3 Å². The van der Waals surface area contributed by atoms with Crippen LogP contribution in [-0.2, 0) is 4.79 Å². The van der Waals surface area contributed by atoms with E-state index in [9.17, 15) is 4.79 Å². The van der Waals surface area contributed by atoms with Crippen LogP contribution in [0.5, 0.6) is 5.75 Å². The van der Waals surface area contributed by atoms with Gasteiger partial charge in [-0.1, -0.05) is 12.1 Å². The minimum absolute atomic E-state index is 0.0836. The first kappa shape index (κ1) is 13.9. The topological polar surface area (TPSA) is 50.4 Å². The number of carbonyl (C=O) groups excluding carboxylic acids is 1. The molecule has 1 aromatic carbocycles. The summed E-state index contributed by atoms with van der Waals surface area (Å²) in [7, 11) is 0. The van der Waals surface area contributed by atoms with Gasteiger partial charge in [0, 0.05) is 12.1 Å². The van der Waals surface area contributed by atoms with Gasteiger partial charge in [-0.05, 0) is 44.4 Å². The van der Waals surface area contributed by atoms with Crippen LogP contribution in [0, 0.1) is 0 Å². The van der Waals surface area contributed by atoms with E-state index in [1.54, 1.807) is 0 Å². The molecule has 2 rings (SSSR count). The Balaban J connectivity index is 1.77. The van der Waals surface area contributed by atoms with Crippen LogP contribution in [-0.4, -0.2) is 25.1 Å². The number of hydrogen-bond acceptors (Lipinski definition) is 3. The van der Waals surface area contributed by atoms with Crippen LogP contribution < -0.4 is 15.4 Å². The van der Waals surface area contributed by atoms with Crippen molar-refractivity contribution in [2.24, 2.45) is 0 Å². The molecular weight excluding hydrogens is 240 g/mol. The zero-order valence-electron chi connectivity index (χ0n) is 11.6. The molecular formula is C15H22N2O2. The van der Waals surface area contributed by atoms with Crippen LogP contribution in [0.3, 0.4) is 0 Å². The van der Waals surface area contributed by atoms with E-state index in [0.717, 1.165) is 24.2 Å². The average Bonchev–Trinajstić information content (AvgIpc) is 3.21. The Kier molecular flexibility index (Phi) is 4.80. The molecule has 0 aliphatic heterocycles. The predicted molar refractivity (Wildman–Crippen MR) is 75.2 cm³/mol. The third-order valence-corrected chi connectivity index (χ3v) is 3.20. The standard InChI is InChI=1S/C15H22N2O2/c1-3-19-14-8-4-12(5-9-14)11(2)16-10-15(18)17-13-6-7-13/h4-5,8-9,11,13,16H,3,6-7,10H2,1-2H3,(H,17,18). The van der Waals surface area contributed by atoms with Crippen molar-refractivity contribution in [1.82, 2.24) is 10.6 Å². The number of rotatable bonds is 7. The second kappa shape index (κ2) is 6.57. The zero-order chi connectivity index (χ0) is 13.7. The largest absolute Gasteiger partial charge is 0.494 e. The third kappa shape index (κ3) is 4.56. The molecule has 4 nitrogen and oxygen atoms in total. The van der Waals surface area contributed by atoms with Gasteiger partial charge in [-0.3, -0.25) is 4.79 Å². The van der Waals surface area contributed by atoms with Crippen molar-refractivity contribution in [3.8, 4) is 5.75 Å². The number of nitrogens with one attached hydrogen (secondary N) is 2. The number of benzene rings is 1. The molecule has 0 spiro atoms. The molecule has 1 amide bonds. The van der Waals surface area contributed by atoms with Crippen molar-refractivity contribution in [3.05, 3.63) is 29.8 Å². The van der Waals surface area contributed by atoms with Crippen molar-refractivity contribution in [2.75, 3.05) is 13.2 Å². The van der Waals surface area contributed by atoms with Crippen molar-refractivity contribution >= 4 is 5.91 Å². The highest BCUT2D eigenvalue weighted by molar-refractivity contribution is 5.78. The minimum atomic E-state index is 0.0836. The summed E-state index contributed by atoms with van der Waals surface area (Å²) < 4.78 is 5.40. The summed E-state index contributed by atoms with van der Waals surface area (Å²) in [4.78, 5) is 11.6. The summed E-state index contributed by atoms with van der Waals surface area (Å²) >= 11 is 0. The van der Waals surface area contributed by atoms with Crippen LogP contribution in [0.4, 0.5) is 0 Å². The Morgan fingerprint density at radius 3 is 2.63 bits per heavy atom. The van der Waals surface area contributed by atoms with Gasteiger partial charge in [0.05, 0.1) is 13.2 Å². The van der Waals surface area contributed by atoms with Gasteiger partial charge in [-0.25, -0.2) is 0 Å². The van der Waals surface area contributed by atoms with E-state index in [1.807, 2.05) is 31.2 Å². The molecule has 104 valence electrons. The maximum atomic E-state index is 11.6. The molecule has 0 radical (unpaired) electrons. The first-order valence-electron chi connectivity index (χ1n) is 6.94. The van der Waals surface area contributed by atoms with Crippen molar-refractivity contribution in [3.63, 3.8) is 0 Å². The third-order valence-electron chi connectivity index (χ3n) is 3.20. The first-order chi connectivity index (χ1) is 9.19. The fraction of sp³-hybridized carbons (Fsp3) is 0.533. The lowest BCUT2D eigenvalue weighted by molar-refractivity contribution is -0.120. The van der Waals surface area contributed by atoms with Gasteiger partial charge in [-0.2, -0.15) is 0 Å². The van der Waals surface area contributed by atoms with Crippen LogP contribution in [0.1, 0.15) is 38.3 Å². The number of carbonyl (C=O) groups is 1. The normalized spacial score (nSPS) is 15.9. The quantitative estimate of drug-likeness (QED) is 0.790. The van der Waals surface area contributed by atoms with Crippen molar-refractivity contribution < 1.29 is 9.53 Å². The Morgan fingerprint density at radius 2 is 2.05 bits per heavy atom. The maximum absolute atomic E-state index is 11.6. The molecule has 1 unspecified atom stereocenters. The van der Waals surface area contributed by atoms with Gasteiger partial charge in [-0.15, -0.1) is 0 Å². The molecule has 1 aromatic rings. The SMILES string of the molecule is CCOc1ccc(C(C)NCC(=O)NC2CC2)cc1. The predicted octanol–water partition coefficient (Wildman–Crippen LogP) is 2.01. The Labute approximate surface area is 114 Å². The summed E-state index contributed by atoms with van der Waals surface area (Å²) in [6.45, 7) is 5.07. The average molecular weight is 262 g/mol. The summed E-state index contributed by atoms with van der Waals surface area (Å²) in [5, 5.41) is 6.20. The van der Waals surface area contributed by atoms with E-state index in [4.69, 9.17) is 4.74 Å². The van der Waals surface area contributed by atoms with Crippen LogP contribution in [0.25, 0.3) is 0 Å². The maximum Gasteiger partial charge on any atom is 0.234 e. The second-order valence-electron chi connectivity index (χ2n) is 4.95. The Hall–Kier alpha value is -1.55. The monoisotopic (exact) mass is 262 g/mol. The van der Waals surface area contributed by atoms with Crippen molar-refractivity contribution in [2.45, 2.75) is 38.8 Å². The van der Waals surface area contributed by atoms with E-state index in [0.29, 0.717) is 19.2 Å². The smallest absolute Gasteiger partial charge is 0.234 e. The zero-order valence-corrected chi connectivity index (χ0v) is 11.6. The highest BCUT2D eigenvalue weighted by atomic mass is 16.5. The second-order valence-corrected chi connectivity index (χ2v) is 4.95. The lowest BCUT2D eigenvalue weighted by Gasteiger charge is -2.14. The summed E-state index contributed by atoms with van der Waals surface area (Å²) in [5.74, 6) is 0.963. The van der Waals surface area contributed by atoms with E-state index in [-0.39, 0.29) is 11.9 Å². The fourth-order valence-electron chi connectivity index (χ4n) is 1.89. The van der Waals surface area contributed by atoms with Gasteiger partial charge in [0.2, 0.25) is 5.91 Å². The summed E-state index contributed by atoms with van der Waals surface area (Å²) in [5.41, 5.74) is 1.16. The highest BCUT2D eigenvalue weighted by Gasteiger charge is 2.23. The van der Waals surface area contributed by atoms with E-state index in [1.165, 1.54) is 0 Å². The molecule has 1 atom stereocenters. The molecule has 1 aliphatic carbocycles. The minimum Gasteiger partial charge on any atom is -0.494 e. The molecule has 0 saturated heterocycles. The summed E-state index contributed by atoms with van der Waals surface area (Å²) in [6, 6.07) is 8.56. The van der Waals surface area contributed by atoms with Crippen LogP contribution in [0.2, 0.25) is 0 Å². The summed E-state index contributed by atoms with van der Waals surface area (Å²) in [6.07, 6.45) is 2.25. The molecule has 0 aromatic heterocycles. The molecule has 19 heavy (non-hydrogen) atoms. The number of ether oxygens (including phenoxy) is 1. The fourth-order valence-corrected chi connectivity index (χ4v) is 1.89. The van der Waals surface area contributed by atoms with Crippen molar-refractivity contribution in [1.29, 1.82) is 0 Å². The molecule has 0 bridgehead atoms. The highest BCUT2D eigenvalue weighted by Crippen LogP contribution is 2.19.